The Labute approximate surface area is 115 Å². The first-order chi connectivity index (χ1) is 9.29. The van der Waals surface area contributed by atoms with E-state index in [2.05, 4.69) is 60.8 Å². The number of hydrogen-bond donors (Lipinski definition) is 1. The minimum absolute atomic E-state index is 0.677. The van der Waals surface area contributed by atoms with Crippen LogP contribution in [0.3, 0.4) is 0 Å². The average molecular weight is 255 g/mol. The smallest absolute Gasteiger partial charge is 0.0713 e. The Kier molecular flexibility index (Phi) is 5.13. The van der Waals surface area contributed by atoms with E-state index in [1.165, 1.54) is 22.3 Å². The fourth-order valence-electron chi connectivity index (χ4n) is 2.07. The third-order valence-corrected chi connectivity index (χ3v) is 3.24. The molecule has 2 heteroatoms. The molecule has 0 radical (unpaired) electrons. The van der Waals surface area contributed by atoms with Crippen LogP contribution < -0.4 is 5.32 Å². The number of aryl methyl sites for hydroxylation is 1. The highest BCUT2D eigenvalue weighted by Crippen LogP contribution is 2.08. The van der Waals surface area contributed by atoms with E-state index in [1.807, 2.05) is 0 Å². The topological polar surface area (TPSA) is 21.3 Å². The van der Waals surface area contributed by atoms with Crippen molar-refractivity contribution < 1.29 is 4.74 Å². The molecular weight excluding hydrogens is 234 g/mol. The molecule has 0 fully saturated rings. The van der Waals surface area contributed by atoms with Crippen molar-refractivity contribution in [3.05, 3.63) is 70.8 Å². The molecule has 2 aromatic rings. The summed E-state index contributed by atoms with van der Waals surface area (Å²) < 4.78 is 5.10. The predicted molar refractivity (Wildman–Crippen MR) is 78.9 cm³/mol. The highest BCUT2D eigenvalue weighted by atomic mass is 16.5. The normalized spacial score (nSPS) is 10.6. The van der Waals surface area contributed by atoms with Crippen LogP contribution in [0.1, 0.15) is 22.3 Å². The molecule has 0 amide bonds. The predicted octanol–water partition coefficient (Wildman–Crippen LogP) is 3.43. The Morgan fingerprint density at radius 1 is 0.895 bits per heavy atom. The summed E-state index contributed by atoms with van der Waals surface area (Å²) in [6.45, 7) is 4.63. The van der Waals surface area contributed by atoms with Gasteiger partial charge >= 0.3 is 0 Å². The average Bonchev–Trinajstić information content (AvgIpc) is 2.43. The number of methoxy groups -OCH3 is 1. The van der Waals surface area contributed by atoms with Crippen LogP contribution in [0.5, 0.6) is 0 Å². The van der Waals surface area contributed by atoms with Crippen LogP contribution in [0.4, 0.5) is 0 Å². The zero-order chi connectivity index (χ0) is 13.5. The summed E-state index contributed by atoms with van der Waals surface area (Å²) >= 11 is 0. The van der Waals surface area contributed by atoms with Crippen molar-refractivity contribution >= 4 is 0 Å². The van der Waals surface area contributed by atoms with E-state index in [1.54, 1.807) is 7.11 Å². The van der Waals surface area contributed by atoms with Gasteiger partial charge in [-0.2, -0.15) is 0 Å². The molecule has 0 aliphatic carbocycles. The SMILES string of the molecule is COCc1ccc(CNCc2ccccc2C)cc1. The zero-order valence-corrected chi connectivity index (χ0v) is 11.6. The minimum Gasteiger partial charge on any atom is -0.380 e. The van der Waals surface area contributed by atoms with Gasteiger partial charge in [-0.25, -0.2) is 0 Å². The maximum absolute atomic E-state index is 5.10. The van der Waals surface area contributed by atoms with Crippen molar-refractivity contribution in [2.75, 3.05) is 7.11 Å². The Balaban J connectivity index is 1.84. The van der Waals surface area contributed by atoms with E-state index in [0.717, 1.165) is 13.1 Å². The van der Waals surface area contributed by atoms with Crippen LogP contribution in [-0.2, 0) is 24.4 Å². The number of nitrogens with one attached hydrogen (secondary N) is 1. The number of rotatable bonds is 6. The van der Waals surface area contributed by atoms with Crippen LogP contribution in [0.25, 0.3) is 0 Å². The lowest BCUT2D eigenvalue weighted by atomic mass is 10.1. The number of benzene rings is 2. The fourth-order valence-corrected chi connectivity index (χ4v) is 2.07. The van der Waals surface area contributed by atoms with Gasteiger partial charge in [0.2, 0.25) is 0 Å². The zero-order valence-electron chi connectivity index (χ0n) is 11.6. The Bertz CT molecular complexity index is 505. The second-order valence-corrected chi connectivity index (χ2v) is 4.78. The number of hydrogen-bond acceptors (Lipinski definition) is 2. The molecule has 0 aliphatic rings. The lowest BCUT2D eigenvalue weighted by Crippen LogP contribution is -2.13. The maximum atomic E-state index is 5.10. The highest BCUT2D eigenvalue weighted by molar-refractivity contribution is 5.26. The second-order valence-electron chi connectivity index (χ2n) is 4.78. The van der Waals surface area contributed by atoms with E-state index in [0.29, 0.717) is 6.61 Å². The third kappa shape index (κ3) is 4.19. The molecule has 0 aliphatic heterocycles. The Morgan fingerprint density at radius 2 is 1.58 bits per heavy atom. The van der Waals surface area contributed by atoms with E-state index < -0.39 is 0 Å². The Hall–Kier alpha value is -1.64. The molecule has 2 aromatic carbocycles. The highest BCUT2D eigenvalue weighted by Gasteiger charge is 1.98. The van der Waals surface area contributed by atoms with E-state index in [-0.39, 0.29) is 0 Å². The van der Waals surface area contributed by atoms with Crippen molar-refractivity contribution in [2.45, 2.75) is 26.6 Å². The molecule has 0 bridgehead atoms. The summed E-state index contributed by atoms with van der Waals surface area (Å²) in [5, 5.41) is 3.48. The quantitative estimate of drug-likeness (QED) is 0.854. The second kappa shape index (κ2) is 7.07. The first-order valence-electron chi connectivity index (χ1n) is 6.61. The van der Waals surface area contributed by atoms with Gasteiger partial charge in [-0.05, 0) is 29.2 Å². The molecule has 0 saturated carbocycles. The standard InChI is InChI=1S/C17H21NO/c1-14-5-3-4-6-17(14)12-18-11-15-7-9-16(10-8-15)13-19-2/h3-10,18H,11-13H2,1-2H3. The summed E-state index contributed by atoms with van der Waals surface area (Å²) in [6, 6.07) is 17.0. The fraction of sp³-hybridized carbons (Fsp3) is 0.294. The molecule has 0 unspecified atom stereocenters. The number of ether oxygens (including phenoxy) is 1. The van der Waals surface area contributed by atoms with Gasteiger partial charge in [0, 0.05) is 20.2 Å². The van der Waals surface area contributed by atoms with Crippen molar-refractivity contribution in [3.63, 3.8) is 0 Å². The van der Waals surface area contributed by atoms with Crippen LogP contribution >= 0.6 is 0 Å². The third-order valence-electron chi connectivity index (χ3n) is 3.24. The van der Waals surface area contributed by atoms with Crippen LogP contribution in [0.15, 0.2) is 48.5 Å². The van der Waals surface area contributed by atoms with Crippen LogP contribution in [-0.4, -0.2) is 7.11 Å². The van der Waals surface area contributed by atoms with Gasteiger partial charge in [-0.1, -0.05) is 48.5 Å². The molecule has 0 heterocycles. The van der Waals surface area contributed by atoms with E-state index in [9.17, 15) is 0 Å². The molecule has 2 rings (SSSR count). The molecule has 0 aromatic heterocycles. The maximum Gasteiger partial charge on any atom is 0.0713 e. The summed E-state index contributed by atoms with van der Waals surface area (Å²) in [5.74, 6) is 0. The van der Waals surface area contributed by atoms with Gasteiger partial charge in [0.1, 0.15) is 0 Å². The molecular formula is C17H21NO. The van der Waals surface area contributed by atoms with Gasteiger partial charge in [0.05, 0.1) is 6.61 Å². The monoisotopic (exact) mass is 255 g/mol. The first-order valence-corrected chi connectivity index (χ1v) is 6.61. The summed E-state index contributed by atoms with van der Waals surface area (Å²) in [6.07, 6.45) is 0. The molecule has 0 spiro atoms. The van der Waals surface area contributed by atoms with E-state index in [4.69, 9.17) is 4.74 Å². The largest absolute Gasteiger partial charge is 0.380 e. The van der Waals surface area contributed by atoms with Crippen molar-refractivity contribution in [1.82, 2.24) is 5.32 Å². The van der Waals surface area contributed by atoms with Gasteiger partial charge < -0.3 is 10.1 Å². The van der Waals surface area contributed by atoms with Crippen LogP contribution in [0.2, 0.25) is 0 Å². The summed E-state index contributed by atoms with van der Waals surface area (Å²) in [7, 11) is 1.72. The molecule has 0 atom stereocenters. The van der Waals surface area contributed by atoms with Gasteiger partial charge in [-0.15, -0.1) is 0 Å². The molecule has 1 N–H and O–H groups in total. The summed E-state index contributed by atoms with van der Waals surface area (Å²) in [5.41, 5.74) is 5.21. The van der Waals surface area contributed by atoms with Gasteiger partial charge in [0.15, 0.2) is 0 Å². The Morgan fingerprint density at radius 3 is 2.26 bits per heavy atom. The van der Waals surface area contributed by atoms with Crippen molar-refractivity contribution in [1.29, 1.82) is 0 Å². The lowest BCUT2D eigenvalue weighted by Gasteiger charge is -2.08. The minimum atomic E-state index is 0.677. The summed E-state index contributed by atoms with van der Waals surface area (Å²) in [4.78, 5) is 0. The first kappa shape index (κ1) is 13.8. The van der Waals surface area contributed by atoms with Crippen molar-refractivity contribution in [3.8, 4) is 0 Å². The van der Waals surface area contributed by atoms with E-state index >= 15 is 0 Å². The molecule has 2 nitrogen and oxygen atoms in total. The lowest BCUT2D eigenvalue weighted by molar-refractivity contribution is 0.185. The van der Waals surface area contributed by atoms with Gasteiger partial charge in [0.25, 0.3) is 0 Å². The van der Waals surface area contributed by atoms with Crippen LogP contribution in [0, 0.1) is 6.92 Å². The molecule has 100 valence electrons. The molecule has 19 heavy (non-hydrogen) atoms. The van der Waals surface area contributed by atoms with Gasteiger partial charge in [-0.3, -0.25) is 0 Å². The molecule has 0 saturated heterocycles. The van der Waals surface area contributed by atoms with Crippen molar-refractivity contribution in [2.24, 2.45) is 0 Å².